The molecule has 0 fully saturated rings. The van der Waals surface area contributed by atoms with Crippen LogP contribution in [0.2, 0.25) is 0 Å². The van der Waals surface area contributed by atoms with Gasteiger partial charge in [-0.2, -0.15) is 0 Å². The molecule has 5 heteroatoms. The first-order valence-corrected chi connectivity index (χ1v) is 6.57. The molecule has 2 unspecified atom stereocenters. The molecule has 0 aromatic rings. The molecule has 0 heterocycles. The number of ether oxygens (including phenoxy) is 4. The van der Waals surface area contributed by atoms with Crippen molar-refractivity contribution in [3.8, 4) is 0 Å². The van der Waals surface area contributed by atoms with Gasteiger partial charge in [-0.25, -0.2) is 4.79 Å². The van der Waals surface area contributed by atoms with Gasteiger partial charge in [0.2, 0.25) is 0 Å². The van der Waals surface area contributed by atoms with E-state index in [1.165, 1.54) is 7.11 Å². The third kappa shape index (κ3) is 9.24. The fraction of sp³-hybridized carbons (Fsp3) is 0.923. The monoisotopic (exact) mass is 262 g/mol. The first-order chi connectivity index (χ1) is 8.63. The Bertz CT molecular complexity index is 208. The van der Waals surface area contributed by atoms with E-state index in [0.29, 0.717) is 6.61 Å². The average Bonchev–Trinajstić information content (AvgIpc) is 2.39. The van der Waals surface area contributed by atoms with Crippen LogP contribution in [0.1, 0.15) is 40.0 Å². The zero-order valence-electron chi connectivity index (χ0n) is 11.9. The molecule has 0 bridgehead atoms. The van der Waals surface area contributed by atoms with Gasteiger partial charge in [-0.1, -0.05) is 20.3 Å². The van der Waals surface area contributed by atoms with Crippen molar-refractivity contribution in [2.24, 2.45) is 0 Å². The van der Waals surface area contributed by atoms with Crippen molar-refractivity contribution < 1.29 is 23.7 Å². The maximum Gasteiger partial charge on any atom is 0.508 e. The van der Waals surface area contributed by atoms with Crippen LogP contribution in [0.5, 0.6) is 0 Å². The zero-order chi connectivity index (χ0) is 13.8. The molecule has 108 valence electrons. The second kappa shape index (κ2) is 11.3. The number of rotatable bonds is 10. The molecule has 0 rings (SSSR count). The Labute approximate surface area is 110 Å². The van der Waals surface area contributed by atoms with Gasteiger partial charge >= 0.3 is 6.16 Å². The number of methoxy groups -OCH3 is 1. The predicted molar refractivity (Wildman–Crippen MR) is 68.7 cm³/mol. The first kappa shape index (κ1) is 17.2. The lowest BCUT2D eigenvalue weighted by molar-refractivity contribution is -0.0596. The minimum Gasteiger partial charge on any atom is -0.438 e. The quantitative estimate of drug-likeness (QED) is 0.447. The lowest BCUT2D eigenvalue weighted by Crippen LogP contribution is -2.26. The summed E-state index contributed by atoms with van der Waals surface area (Å²) in [5.41, 5.74) is 0. The summed E-state index contributed by atoms with van der Waals surface area (Å²) in [6.45, 7) is 7.53. The summed E-state index contributed by atoms with van der Waals surface area (Å²) in [6, 6.07) is 0. The summed E-state index contributed by atoms with van der Waals surface area (Å²) >= 11 is 0. The standard InChI is InChI=1S/C13H26O5/c1-5-7-8-16-12(6-2)10-17-11(3)9-18-13(14)15-4/h11-12H,5-10H2,1-4H3. The normalized spacial score (nSPS) is 14.0. The largest absolute Gasteiger partial charge is 0.508 e. The van der Waals surface area contributed by atoms with E-state index in [4.69, 9.17) is 14.2 Å². The molecule has 5 nitrogen and oxygen atoms in total. The third-order valence-electron chi connectivity index (χ3n) is 2.48. The van der Waals surface area contributed by atoms with Crippen molar-refractivity contribution in [1.29, 1.82) is 0 Å². The molecule has 0 aliphatic rings. The highest BCUT2D eigenvalue weighted by Gasteiger charge is 2.11. The Balaban J connectivity index is 3.66. The second-order valence-electron chi connectivity index (χ2n) is 4.16. The Morgan fingerprint density at radius 3 is 2.44 bits per heavy atom. The fourth-order valence-corrected chi connectivity index (χ4v) is 1.24. The van der Waals surface area contributed by atoms with Crippen molar-refractivity contribution in [2.75, 3.05) is 26.9 Å². The number of hydrogen-bond acceptors (Lipinski definition) is 5. The minimum absolute atomic E-state index is 0.108. The number of hydrogen-bond donors (Lipinski definition) is 0. The Kier molecular flexibility index (Phi) is 10.8. The van der Waals surface area contributed by atoms with Gasteiger partial charge in [0, 0.05) is 6.61 Å². The van der Waals surface area contributed by atoms with Gasteiger partial charge in [-0.15, -0.1) is 0 Å². The molecule has 0 aliphatic carbocycles. The van der Waals surface area contributed by atoms with Gasteiger partial charge in [-0.3, -0.25) is 0 Å². The van der Waals surface area contributed by atoms with E-state index in [1.54, 1.807) is 0 Å². The molecular weight excluding hydrogens is 236 g/mol. The molecule has 0 spiro atoms. The van der Waals surface area contributed by atoms with E-state index in [1.807, 2.05) is 6.92 Å². The van der Waals surface area contributed by atoms with E-state index >= 15 is 0 Å². The molecular formula is C13H26O5. The van der Waals surface area contributed by atoms with Crippen LogP contribution in [0.25, 0.3) is 0 Å². The van der Waals surface area contributed by atoms with Crippen LogP contribution in [0.4, 0.5) is 4.79 Å². The SMILES string of the molecule is CCCCOC(CC)COC(C)COC(=O)OC. The third-order valence-corrected chi connectivity index (χ3v) is 2.48. The topological polar surface area (TPSA) is 54.0 Å². The van der Waals surface area contributed by atoms with E-state index in [0.717, 1.165) is 25.9 Å². The van der Waals surface area contributed by atoms with Gasteiger partial charge in [-0.05, 0) is 19.8 Å². The van der Waals surface area contributed by atoms with Crippen LogP contribution in [0.15, 0.2) is 0 Å². The summed E-state index contributed by atoms with van der Waals surface area (Å²) in [5.74, 6) is 0. The lowest BCUT2D eigenvalue weighted by atomic mass is 10.3. The van der Waals surface area contributed by atoms with Crippen molar-refractivity contribution in [1.82, 2.24) is 0 Å². The Hall–Kier alpha value is -0.810. The molecule has 0 radical (unpaired) electrons. The van der Waals surface area contributed by atoms with Gasteiger partial charge < -0.3 is 18.9 Å². The van der Waals surface area contributed by atoms with E-state index in [9.17, 15) is 4.79 Å². The molecule has 2 atom stereocenters. The Morgan fingerprint density at radius 2 is 1.89 bits per heavy atom. The summed E-state index contributed by atoms with van der Waals surface area (Å²) in [6.07, 6.45) is 2.37. The lowest BCUT2D eigenvalue weighted by Gasteiger charge is -2.19. The molecule has 0 aromatic carbocycles. The van der Waals surface area contributed by atoms with Crippen LogP contribution in [-0.2, 0) is 18.9 Å². The minimum atomic E-state index is -0.684. The number of carbonyl (C=O) groups is 1. The molecule has 0 aromatic heterocycles. The summed E-state index contributed by atoms with van der Waals surface area (Å²) in [5, 5.41) is 0. The van der Waals surface area contributed by atoms with Crippen LogP contribution in [-0.4, -0.2) is 45.3 Å². The molecule has 18 heavy (non-hydrogen) atoms. The maximum atomic E-state index is 10.8. The van der Waals surface area contributed by atoms with Gasteiger partial charge in [0.15, 0.2) is 0 Å². The molecule has 0 saturated heterocycles. The maximum absolute atomic E-state index is 10.8. The van der Waals surface area contributed by atoms with Gasteiger partial charge in [0.1, 0.15) is 6.61 Å². The van der Waals surface area contributed by atoms with E-state index in [2.05, 4.69) is 18.6 Å². The first-order valence-electron chi connectivity index (χ1n) is 6.57. The van der Waals surface area contributed by atoms with Gasteiger partial charge in [0.25, 0.3) is 0 Å². The highest BCUT2D eigenvalue weighted by atomic mass is 16.7. The molecule has 0 N–H and O–H groups in total. The highest BCUT2D eigenvalue weighted by molar-refractivity contribution is 5.59. The molecule has 0 amide bonds. The highest BCUT2D eigenvalue weighted by Crippen LogP contribution is 2.04. The summed E-state index contributed by atoms with van der Waals surface area (Å²) in [4.78, 5) is 10.8. The zero-order valence-corrected chi connectivity index (χ0v) is 11.9. The Morgan fingerprint density at radius 1 is 1.17 bits per heavy atom. The van der Waals surface area contributed by atoms with Crippen LogP contribution in [0.3, 0.4) is 0 Å². The number of carbonyl (C=O) groups excluding carboxylic acids is 1. The van der Waals surface area contributed by atoms with Crippen molar-refractivity contribution in [3.05, 3.63) is 0 Å². The van der Waals surface area contributed by atoms with Crippen molar-refractivity contribution in [3.63, 3.8) is 0 Å². The van der Waals surface area contributed by atoms with Crippen LogP contribution in [0, 0.1) is 0 Å². The fourth-order valence-electron chi connectivity index (χ4n) is 1.24. The van der Waals surface area contributed by atoms with E-state index in [-0.39, 0.29) is 18.8 Å². The summed E-state index contributed by atoms with van der Waals surface area (Å²) in [7, 11) is 1.28. The van der Waals surface area contributed by atoms with Crippen molar-refractivity contribution >= 4 is 6.16 Å². The molecule has 0 aliphatic heterocycles. The van der Waals surface area contributed by atoms with Crippen molar-refractivity contribution in [2.45, 2.75) is 52.2 Å². The van der Waals surface area contributed by atoms with E-state index < -0.39 is 6.16 Å². The van der Waals surface area contributed by atoms with Gasteiger partial charge in [0.05, 0.1) is 25.9 Å². The number of unbranched alkanes of at least 4 members (excludes halogenated alkanes) is 1. The van der Waals surface area contributed by atoms with Crippen LogP contribution >= 0.6 is 0 Å². The second-order valence-corrected chi connectivity index (χ2v) is 4.16. The molecule has 0 saturated carbocycles. The predicted octanol–water partition coefficient (Wildman–Crippen LogP) is 2.77. The average molecular weight is 262 g/mol. The smallest absolute Gasteiger partial charge is 0.438 e. The van der Waals surface area contributed by atoms with Crippen LogP contribution < -0.4 is 0 Å². The summed E-state index contributed by atoms with van der Waals surface area (Å²) < 4.78 is 20.4.